The third-order valence-corrected chi connectivity index (χ3v) is 0.675. The standard InChI is InChI=1S/C5H11NO/c1-3-4-5-6(2)7/h5H,3-4H2,1-2H3. The van der Waals surface area contributed by atoms with Gasteiger partial charge in [0.05, 0.1) is 0 Å². The summed E-state index contributed by atoms with van der Waals surface area (Å²) < 4.78 is 0.837. The predicted octanol–water partition coefficient (Wildman–Crippen LogP) is 0.997. The van der Waals surface area contributed by atoms with Crippen molar-refractivity contribution in [2.75, 3.05) is 7.05 Å². The van der Waals surface area contributed by atoms with Crippen LogP contribution in [0.2, 0.25) is 0 Å². The molecule has 0 aromatic rings. The first kappa shape index (κ1) is 6.47. The number of hydrogen-bond donors (Lipinski definition) is 0. The van der Waals surface area contributed by atoms with Gasteiger partial charge in [-0.05, 0) is 6.42 Å². The van der Waals surface area contributed by atoms with Crippen LogP contribution in [0.25, 0.3) is 0 Å². The lowest BCUT2D eigenvalue weighted by Gasteiger charge is -1.90. The van der Waals surface area contributed by atoms with E-state index in [2.05, 4.69) is 0 Å². The Bertz CT molecular complexity index is 64.5. The van der Waals surface area contributed by atoms with Crippen molar-refractivity contribution in [3.05, 3.63) is 5.21 Å². The zero-order valence-corrected chi connectivity index (χ0v) is 4.85. The SMILES string of the molecule is CCCC=[N+](C)[O-]. The average Bonchev–Trinajstić information content (AvgIpc) is 1.61. The van der Waals surface area contributed by atoms with Gasteiger partial charge in [0.15, 0.2) is 6.21 Å². The van der Waals surface area contributed by atoms with E-state index in [0.29, 0.717) is 0 Å². The summed E-state index contributed by atoms with van der Waals surface area (Å²) in [6.07, 6.45) is 3.56. The van der Waals surface area contributed by atoms with Crippen LogP contribution < -0.4 is 0 Å². The molecule has 0 N–H and O–H groups in total. The van der Waals surface area contributed by atoms with Gasteiger partial charge >= 0.3 is 0 Å². The Balaban J connectivity index is 3.08. The molecule has 0 spiro atoms. The minimum absolute atomic E-state index is 0.837. The molecule has 0 aliphatic rings. The van der Waals surface area contributed by atoms with Crippen molar-refractivity contribution in [2.24, 2.45) is 0 Å². The van der Waals surface area contributed by atoms with Crippen LogP contribution in [-0.4, -0.2) is 18.0 Å². The molecule has 0 aliphatic carbocycles. The topological polar surface area (TPSA) is 26.1 Å². The van der Waals surface area contributed by atoms with Crippen LogP contribution in [0, 0.1) is 5.21 Å². The molecule has 0 heterocycles. The summed E-state index contributed by atoms with van der Waals surface area (Å²) >= 11 is 0. The van der Waals surface area contributed by atoms with Crippen LogP contribution >= 0.6 is 0 Å². The lowest BCUT2D eigenvalue weighted by molar-refractivity contribution is -0.418. The van der Waals surface area contributed by atoms with Gasteiger partial charge in [0.1, 0.15) is 7.05 Å². The van der Waals surface area contributed by atoms with Gasteiger partial charge in [0.2, 0.25) is 0 Å². The predicted molar refractivity (Wildman–Crippen MR) is 30.5 cm³/mol. The van der Waals surface area contributed by atoms with E-state index in [1.54, 1.807) is 6.21 Å². The summed E-state index contributed by atoms with van der Waals surface area (Å²) in [5.41, 5.74) is 0. The van der Waals surface area contributed by atoms with Crippen LogP contribution in [0.5, 0.6) is 0 Å². The molecule has 0 saturated heterocycles. The van der Waals surface area contributed by atoms with E-state index in [4.69, 9.17) is 0 Å². The molecule has 0 atom stereocenters. The maximum atomic E-state index is 10.1. The number of nitrogens with zero attached hydrogens (tertiary/aromatic N) is 1. The highest BCUT2D eigenvalue weighted by molar-refractivity contribution is 5.50. The Labute approximate surface area is 44.1 Å². The molecule has 0 amide bonds. The van der Waals surface area contributed by atoms with E-state index in [1.807, 2.05) is 6.92 Å². The Morgan fingerprint density at radius 2 is 2.29 bits per heavy atom. The smallest absolute Gasteiger partial charge is 0.150 e. The summed E-state index contributed by atoms with van der Waals surface area (Å²) in [5, 5.41) is 10.1. The maximum absolute atomic E-state index is 10.1. The van der Waals surface area contributed by atoms with Crippen LogP contribution in [0.15, 0.2) is 0 Å². The molecule has 7 heavy (non-hydrogen) atoms. The molecule has 0 radical (unpaired) electrons. The van der Waals surface area contributed by atoms with E-state index in [0.717, 1.165) is 17.6 Å². The third-order valence-electron chi connectivity index (χ3n) is 0.675. The van der Waals surface area contributed by atoms with Crippen LogP contribution in [0.3, 0.4) is 0 Å². The fourth-order valence-corrected chi connectivity index (χ4v) is 0.311. The normalized spacial score (nSPS) is 12.0. The van der Waals surface area contributed by atoms with Crippen LogP contribution in [0.4, 0.5) is 0 Å². The van der Waals surface area contributed by atoms with Gasteiger partial charge in [-0.1, -0.05) is 6.92 Å². The van der Waals surface area contributed by atoms with Crippen molar-refractivity contribution in [3.8, 4) is 0 Å². The van der Waals surface area contributed by atoms with Crippen molar-refractivity contribution >= 4 is 6.21 Å². The molecule has 0 unspecified atom stereocenters. The molecular formula is C5H11NO. The second-order valence-corrected chi connectivity index (χ2v) is 1.52. The molecule has 0 bridgehead atoms. The van der Waals surface area contributed by atoms with Gasteiger partial charge in [0, 0.05) is 6.42 Å². The fraction of sp³-hybridized carbons (Fsp3) is 0.800. The summed E-state index contributed by atoms with van der Waals surface area (Å²) in [7, 11) is 1.50. The molecule has 0 saturated carbocycles. The highest BCUT2D eigenvalue weighted by Gasteiger charge is 1.76. The Morgan fingerprint density at radius 1 is 1.71 bits per heavy atom. The van der Waals surface area contributed by atoms with Gasteiger partial charge < -0.3 is 5.21 Å². The number of hydroxylamine groups is 1. The second-order valence-electron chi connectivity index (χ2n) is 1.52. The van der Waals surface area contributed by atoms with E-state index in [-0.39, 0.29) is 0 Å². The molecule has 0 rings (SSSR count). The molecule has 2 nitrogen and oxygen atoms in total. The highest BCUT2D eigenvalue weighted by atomic mass is 16.5. The summed E-state index contributed by atoms with van der Waals surface area (Å²) in [6, 6.07) is 0. The lowest BCUT2D eigenvalue weighted by Crippen LogP contribution is -1.94. The molecule has 0 aliphatic heterocycles. The van der Waals surface area contributed by atoms with Crippen molar-refractivity contribution in [3.63, 3.8) is 0 Å². The Hall–Kier alpha value is -0.530. The summed E-state index contributed by atoms with van der Waals surface area (Å²) in [4.78, 5) is 0. The number of unbranched alkanes of at least 4 members (excludes halogenated alkanes) is 1. The van der Waals surface area contributed by atoms with Crippen molar-refractivity contribution in [1.82, 2.24) is 0 Å². The van der Waals surface area contributed by atoms with Crippen molar-refractivity contribution in [2.45, 2.75) is 19.8 Å². The Morgan fingerprint density at radius 3 is 2.43 bits per heavy atom. The molecule has 0 fully saturated rings. The lowest BCUT2D eigenvalue weighted by atomic mass is 10.4. The van der Waals surface area contributed by atoms with Gasteiger partial charge in [-0.2, -0.15) is 0 Å². The van der Waals surface area contributed by atoms with Crippen molar-refractivity contribution < 1.29 is 4.74 Å². The van der Waals surface area contributed by atoms with Crippen LogP contribution in [0.1, 0.15) is 19.8 Å². The first-order valence-corrected chi connectivity index (χ1v) is 2.50. The van der Waals surface area contributed by atoms with Gasteiger partial charge in [-0.3, -0.25) is 0 Å². The number of rotatable bonds is 2. The zero-order chi connectivity index (χ0) is 5.70. The summed E-state index contributed by atoms with van der Waals surface area (Å²) in [6.45, 7) is 2.04. The average molecular weight is 101 g/mol. The first-order valence-electron chi connectivity index (χ1n) is 2.50. The largest absolute Gasteiger partial charge is 0.624 e. The highest BCUT2D eigenvalue weighted by Crippen LogP contribution is 1.77. The summed E-state index contributed by atoms with van der Waals surface area (Å²) in [5.74, 6) is 0. The van der Waals surface area contributed by atoms with E-state index in [9.17, 15) is 5.21 Å². The quantitative estimate of drug-likeness (QED) is 0.220. The maximum Gasteiger partial charge on any atom is 0.150 e. The molecule has 2 heteroatoms. The molecule has 42 valence electrons. The molecule has 0 aromatic heterocycles. The van der Waals surface area contributed by atoms with Gasteiger partial charge in [0.25, 0.3) is 0 Å². The van der Waals surface area contributed by atoms with Gasteiger partial charge in [-0.15, -0.1) is 0 Å². The molecular weight excluding hydrogens is 90.1 g/mol. The second kappa shape index (κ2) is 3.65. The van der Waals surface area contributed by atoms with Crippen molar-refractivity contribution in [1.29, 1.82) is 0 Å². The first-order chi connectivity index (χ1) is 3.27. The van der Waals surface area contributed by atoms with Crippen LogP contribution in [-0.2, 0) is 0 Å². The van der Waals surface area contributed by atoms with E-state index in [1.165, 1.54) is 7.05 Å². The van der Waals surface area contributed by atoms with E-state index < -0.39 is 0 Å². The third kappa shape index (κ3) is 5.47. The molecule has 0 aromatic carbocycles. The minimum Gasteiger partial charge on any atom is -0.624 e. The van der Waals surface area contributed by atoms with Gasteiger partial charge in [-0.25, -0.2) is 4.74 Å². The Kier molecular flexibility index (Phi) is 3.38. The fourth-order valence-electron chi connectivity index (χ4n) is 0.311. The van der Waals surface area contributed by atoms with E-state index >= 15 is 0 Å². The zero-order valence-electron chi connectivity index (χ0n) is 4.85. The minimum atomic E-state index is 0.837. The number of hydrogen-bond acceptors (Lipinski definition) is 1. The monoisotopic (exact) mass is 101 g/mol.